The molecule has 0 unspecified atom stereocenters. The van der Waals surface area contributed by atoms with Crippen LogP contribution in [-0.2, 0) is 0 Å². The summed E-state index contributed by atoms with van der Waals surface area (Å²) in [5.41, 5.74) is 1.12. The molecular formula is C12H16ClNO2. The number of rotatable bonds is 5. The predicted molar refractivity (Wildman–Crippen MR) is 64.3 cm³/mol. The van der Waals surface area contributed by atoms with Gasteiger partial charge in [-0.05, 0) is 24.4 Å². The lowest BCUT2D eigenvalue weighted by molar-refractivity contribution is 0.107. The van der Waals surface area contributed by atoms with Gasteiger partial charge in [0.1, 0.15) is 11.4 Å². The molecule has 0 N–H and O–H groups in total. The first-order chi connectivity index (χ1) is 7.62. The number of carbonyl (C=O) groups excluding carboxylic acids is 1. The summed E-state index contributed by atoms with van der Waals surface area (Å²) in [5, 5.41) is -0.550. The lowest BCUT2D eigenvalue weighted by atomic mass is 9.98. The van der Waals surface area contributed by atoms with Crippen LogP contribution < -0.4 is 4.74 Å². The molecule has 0 saturated carbocycles. The summed E-state index contributed by atoms with van der Waals surface area (Å²) in [6, 6.07) is 3.42. The van der Waals surface area contributed by atoms with Gasteiger partial charge < -0.3 is 4.74 Å². The number of nitrogens with zero attached hydrogens (tertiary/aromatic N) is 1. The van der Waals surface area contributed by atoms with Crippen LogP contribution in [0.5, 0.6) is 5.75 Å². The molecule has 0 aliphatic heterocycles. The molecule has 0 atom stereocenters. The van der Waals surface area contributed by atoms with Gasteiger partial charge in [-0.2, -0.15) is 0 Å². The van der Waals surface area contributed by atoms with Crippen molar-refractivity contribution >= 4 is 16.8 Å². The zero-order valence-electron chi connectivity index (χ0n) is 9.79. The van der Waals surface area contributed by atoms with E-state index in [0.717, 1.165) is 18.5 Å². The molecule has 0 fully saturated rings. The maximum atomic E-state index is 11.1. The molecule has 0 amide bonds. The maximum Gasteiger partial charge on any atom is 0.270 e. The van der Waals surface area contributed by atoms with E-state index in [1.807, 2.05) is 6.07 Å². The Morgan fingerprint density at radius 1 is 1.44 bits per heavy atom. The topological polar surface area (TPSA) is 39.2 Å². The highest BCUT2D eigenvalue weighted by Crippen LogP contribution is 2.25. The van der Waals surface area contributed by atoms with Gasteiger partial charge in [0.25, 0.3) is 5.24 Å². The maximum absolute atomic E-state index is 11.1. The van der Waals surface area contributed by atoms with Gasteiger partial charge >= 0.3 is 0 Å². The van der Waals surface area contributed by atoms with E-state index < -0.39 is 5.24 Å². The molecule has 0 aliphatic carbocycles. The summed E-state index contributed by atoms with van der Waals surface area (Å²) < 4.78 is 5.13. The Balaban J connectivity index is 3.17. The average Bonchev–Trinajstić information content (AvgIpc) is 2.30. The van der Waals surface area contributed by atoms with Gasteiger partial charge in [-0.3, -0.25) is 4.79 Å². The van der Waals surface area contributed by atoms with E-state index in [4.69, 9.17) is 16.3 Å². The van der Waals surface area contributed by atoms with Crippen molar-refractivity contribution in [2.24, 2.45) is 0 Å². The first-order valence-corrected chi connectivity index (χ1v) is 5.75. The summed E-state index contributed by atoms with van der Waals surface area (Å²) in [6.07, 6.45) is 1.96. The van der Waals surface area contributed by atoms with E-state index in [-0.39, 0.29) is 5.69 Å². The van der Waals surface area contributed by atoms with Crippen molar-refractivity contribution in [2.45, 2.75) is 32.6 Å². The third kappa shape index (κ3) is 2.95. The quantitative estimate of drug-likeness (QED) is 0.742. The smallest absolute Gasteiger partial charge is 0.270 e. The summed E-state index contributed by atoms with van der Waals surface area (Å²) in [4.78, 5) is 15.4. The van der Waals surface area contributed by atoms with Crippen molar-refractivity contribution in [2.75, 3.05) is 7.11 Å². The number of hydrogen-bond donors (Lipinski definition) is 0. The fraction of sp³-hybridized carbons (Fsp3) is 0.500. The molecule has 1 rings (SSSR count). The Morgan fingerprint density at radius 3 is 2.50 bits per heavy atom. The molecule has 0 bridgehead atoms. The molecule has 3 nitrogen and oxygen atoms in total. The third-order valence-electron chi connectivity index (χ3n) is 2.66. The van der Waals surface area contributed by atoms with Crippen LogP contribution in [0.1, 0.15) is 48.8 Å². The SMILES string of the molecule is CCC(CC)c1cc(OC)cc(C(=O)Cl)n1. The lowest BCUT2D eigenvalue weighted by Crippen LogP contribution is -2.04. The molecule has 1 aromatic heterocycles. The molecule has 16 heavy (non-hydrogen) atoms. The minimum Gasteiger partial charge on any atom is -0.497 e. The molecule has 1 aromatic rings. The Hall–Kier alpha value is -1.09. The zero-order valence-corrected chi connectivity index (χ0v) is 10.5. The molecule has 4 heteroatoms. The largest absolute Gasteiger partial charge is 0.497 e. The number of pyridine rings is 1. The summed E-state index contributed by atoms with van der Waals surface area (Å²) in [7, 11) is 1.56. The molecule has 1 heterocycles. The van der Waals surface area contributed by atoms with Crippen LogP contribution in [0.3, 0.4) is 0 Å². The molecule has 88 valence electrons. The molecule has 0 aliphatic rings. The molecule has 0 aromatic carbocycles. The lowest BCUT2D eigenvalue weighted by Gasteiger charge is -2.13. The van der Waals surface area contributed by atoms with Gasteiger partial charge in [0.15, 0.2) is 0 Å². The Bertz CT molecular complexity index is 375. The second kappa shape index (κ2) is 5.85. The van der Waals surface area contributed by atoms with Crippen LogP contribution in [0.2, 0.25) is 0 Å². The number of hydrogen-bond acceptors (Lipinski definition) is 3. The first kappa shape index (κ1) is 13.0. The minimum atomic E-state index is -0.550. The fourth-order valence-corrected chi connectivity index (χ4v) is 1.76. The molecule has 0 radical (unpaired) electrons. The number of ether oxygens (including phenoxy) is 1. The number of aromatic nitrogens is 1. The van der Waals surface area contributed by atoms with Crippen molar-refractivity contribution in [1.29, 1.82) is 0 Å². The van der Waals surface area contributed by atoms with Crippen LogP contribution in [0.25, 0.3) is 0 Å². The van der Waals surface area contributed by atoms with E-state index in [9.17, 15) is 4.79 Å². The summed E-state index contributed by atoms with van der Waals surface area (Å²) in [6.45, 7) is 4.19. The monoisotopic (exact) mass is 241 g/mol. The van der Waals surface area contributed by atoms with E-state index in [2.05, 4.69) is 18.8 Å². The van der Waals surface area contributed by atoms with Gasteiger partial charge in [-0.15, -0.1) is 0 Å². The Morgan fingerprint density at radius 2 is 2.06 bits per heavy atom. The van der Waals surface area contributed by atoms with Crippen LogP contribution in [0.15, 0.2) is 12.1 Å². The molecular weight excluding hydrogens is 226 g/mol. The Kier molecular flexibility index (Phi) is 4.74. The van der Waals surface area contributed by atoms with E-state index >= 15 is 0 Å². The summed E-state index contributed by atoms with van der Waals surface area (Å²) in [5.74, 6) is 0.964. The number of halogens is 1. The van der Waals surface area contributed by atoms with E-state index in [0.29, 0.717) is 11.7 Å². The fourth-order valence-electron chi connectivity index (χ4n) is 1.66. The highest BCUT2D eigenvalue weighted by molar-refractivity contribution is 6.67. The zero-order chi connectivity index (χ0) is 12.1. The van der Waals surface area contributed by atoms with Crippen LogP contribution in [-0.4, -0.2) is 17.3 Å². The standard InChI is InChI=1S/C12H16ClNO2/c1-4-8(5-2)10-6-9(16-3)7-11(14-10)12(13)15/h6-8H,4-5H2,1-3H3. The molecule has 0 saturated heterocycles. The van der Waals surface area contributed by atoms with E-state index in [1.165, 1.54) is 0 Å². The minimum absolute atomic E-state index is 0.253. The Labute approximate surface area is 101 Å². The van der Waals surface area contributed by atoms with Crippen molar-refractivity contribution in [3.05, 3.63) is 23.5 Å². The second-order valence-electron chi connectivity index (χ2n) is 3.60. The van der Waals surface area contributed by atoms with Gasteiger partial charge in [-0.1, -0.05) is 13.8 Å². The normalized spacial score (nSPS) is 10.6. The van der Waals surface area contributed by atoms with Crippen molar-refractivity contribution in [3.63, 3.8) is 0 Å². The van der Waals surface area contributed by atoms with Gasteiger partial charge in [-0.25, -0.2) is 4.98 Å². The second-order valence-corrected chi connectivity index (χ2v) is 3.95. The third-order valence-corrected chi connectivity index (χ3v) is 2.85. The van der Waals surface area contributed by atoms with Gasteiger partial charge in [0, 0.05) is 23.7 Å². The van der Waals surface area contributed by atoms with Crippen LogP contribution in [0, 0.1) is 0 Å². The number of methoxy groups -OCH3 is 1. The van der Waals surface area contributed by atoms with Crippen LogP contribution >= 0.6 is 11.6 Å². The predicted octanol–water partition coefficient (Wildman–Crippen LogP) is 3.37. The van der Waals surface area contributed by atoms with Crippen LogP contribution in [0.4, 0.5) is 0 Å². The first-order valence-electron chi connectivity index (χ1n) is 5.38. The summed E-state index contributed by atoms with van der Waals surface area (Å²) >= 11 is 5.44. The van der Waals surface area contributed by atoms with Gasteiger partial charge in [0.05, 0.1) is 7.11 Å². The molecule has 0 spiro atoms. The van der Waals surface area contributed by atoms with Crippen molar-refractivity contribution in [1.82, 2.24) is 4.98 Å². The van der Waals surface area contributed by atoms with E-state index in [1.54, 1.807) is 13.2 Å². The van der Waals surface area contributed by atoms with Crippen molar-refractivity contribution < 1.29 is 9.53 Å². The average molecular weight is 242 g/mol. The highest BCUT2D eigenvalue weighted by Gasteiger charge is 2.14. The number of carbonyl (C=O) groups is 1. The van der Waals surface area contributed by atoms with Crippen molar-refractivity contribution in [3.8, 4) is 5.75 Å². The highest BCUT2D eigenvalue weighted by atomic mass is 35.5. The van der Waals surface area contributed by atoms with Gasteiger partial charge in [0.2, 0.25) is 0 Å².